The van der Waals surface area contributed by atoms with Gasteiger partial charge in [0.2, 0.25) is 0 Å². The molecule has 8 nitrogen and oxygen atoms in total. The van der Waals surface area contributed by atoms with Gasteiger partial charge in [-0.05, 0) is 31.9 Å². The molecule has 0 unspecified atom stereocenters. The van der Waals surface area contributed by atoms with Gasteiger partial charge >= 0.3 is 6.18 Å². The molecule has 0 atom stereocenters. The maximum absolute atomic E-state index is 13.5. The van der Waals surface area contributed by atoms with Crippen LogP contribution in [0.25, 0.3) is 5.82 Å². The highest BCUT2D eigenvalue weighted by molar-refractivity contribution is 7.90. The third-order valence-corrected chi connectivity index (χ3v) is 5.40. The van der Waals surface area contributed by atoms with Crippen molar-refractivity contribution < 1.29 is 26.4 Å². The summed E-state index contributed by atoms with van der Waals surface area (Å²) in [6.07, 6.45) is -0.552. The van der Waals surface area contributed by atoms with Gasteiger partial charge in [0, 0.05) is 12.3 Å². The monoisotopic (exact) mass is 417 g/mol. The Morgan fingerprint density at radius 3 is 2.32 bits per heavy atom. The molecule has 3 rings (SSSR count). The summed E-state index contributed by atoms with van der Waals surface area (Å²) in [7, 11) is -3.62. The van der Waals surface area contributed by atoms with Crippen LogP contribution in [0.1, 0.15) is 48.7 Å². The molecule has 0 aromatic carbocycles. The van der Waals surface area contributed by atoms with Crippen molar-refractivity contribution in [3.05, 3.63) is 23.4 Å². The molecule has 152 valence electrons. The maximum atomic E-state index is 13.5. The fraction of sp³-hybridized carbons (Fsp3) is 0.500. The molecule has 0 spiro atoms. The summed E-state index contributed by atoms with van der Waals surface area (Å²) in [6.45, 7) is 1.04. The van der Waals surface area contributed by atoms with Gasteiger partial charge in [0.05, 0.1) is 5.56 Å². The SMILES string of the molecule is CC(=O)c1c(C(F)(F)F)nn(-c2ccc(S(C)(=O)=O)nn2)c1NC1CCCC1. The zero-order valence-electron chi connectivity index (χ0n) is 15.1. The minimum absolute atomic E-state index is 0.0992. The molecule has 2 heterocycles. The molecule has 0 amide bonds. The van der Waals surface area contributed by atoms with Gasteiger partial charge in [-0.3, -0.25) is 4.79 Å². The van der Waals surface area contributed by atoms with Crippen molar-refractivity contribution in [2.24, 2.45) is 0 Å². The molecule has 1 fully saturated rings. The van der Waals surface area contributed by atoms with Crippen LogP contribution in [0.15, 0.2) is 17.2 Å². The quantitative estimate of drug-likeness (QED) is 0.745. The zero-order valence-corrected chi connectivity index (χ0v) is 15.9. The van der Waals surface area contributed by atoms with Crippen molar-refractivity contribution in [2.75, 3.05) is 11.6 Å². The number of hydrogen-bond acceptors (Lipinski definition) is 7. The average molecular weight is 417 g/mol. The van der Waals surface area contributed by atoms with Crippen LogP contribution < -0.4 is 5.32 Å². The first kappa shape index (κ1) is 20.2. The Labute approximate surface area is 159 Å². The van der Waals surface area contributed by atoms with E-state index in [1.54, 1.807) is 0 Å². The predicted molar refractivity (Wildman–Crippen MR) is 93.1 cm³/mol. The van der Waals surface area contributed by atoms with E-state index in [2.05, 4.69) is 20.6 Å². The lowest BCUT2D eigenvalue weighted by Crippen LogP contribution is -2.20. The van der Waals surface area contributed by atoms with Crippen LogP contribution in [0.3, 0.4) is 0 Å². The van der Waals surface area contributed by atoms with E-state index >= 15 is 0 Å². The van der Waals surface area contributed by atoms with Crippen molar-refractivity contribution in [3.8, 4) is 5.82 Å². The number of nitrogens with one attached hydrogen (secondary N) is 1. The third kappa shape index (κ3) is 4.01. The molecule has 0 bridgehead atoms. The van der Waals surface area contributed by atoms with E-state index < -0.39 is 33.1 Å². The number of carbonyl (C=O) groups excluding carboxylic acids is 1. The van der Waals surface area contributed by atoms with Crippen molar-refractivity contribution in [3.63, 3.8) is 0 Å². The number of rotatable bonds is 5. The van der Waals surface area contributed by atoms with E-state index in [1.165, 1.54) is 6.07 Å². The second-order valence-corrected chi connectivity index (χ2v) is 8.63. The van der Waals surface area contributed by atoms with Crippen molar-refractivity contribution in [1.82, 2.24) is 20.0 Å². The van der Waals surface area contributed by atoms with Crippen LogP contribution in [-0.4, -0.2) is 46.5 Å². The molecule has 0 saturated heterocycles. The fourth-order valence-corrected chi connectivity index (χ4v) is 3.64. The van der Waals surface area contributed by atoms with Crippen LogP contribution >= 0.6 is 0 Å². The van der Waals surface area contributed by atoms with Gasteiger partial charge in [-0.15, -0.1) is 10.2 Å². The molecule has 1 saturated carbocycles. The fourth-order valence-electron chi connectivity index (χ4n) is 3.14. The Morgan fingerprint density at radius 2 is 1.86 bits per heavy atom. The third-order valence-electron chi connectivity index (χ3n) is 4.42. The second kappa shape index (κ2) is 7.15. The van der Waals surface area contributed by atoms with Gasteiger partial charge in [-0.25, -0.2) is 8.42 Å². The van der Waals surface area contributed by atoms with Crippen molar-refractivity contribution in [2.45, 2.75) is 49.9 Å². The lowest BCUT2D eigenvalue weighted by Gasteiger charge is -2.16. The number of hydrogen-bond donors (Lipinski definition) is 1. The van der Waals surface area contributed by atoms with Gasteiger partial charge < -0.3 is 5.32 Å². The van der Waals surface area contributed by atoms with Crippen LogP contribution in [0.5, 0.6) is 0 Å². The van der Waals surface area contributed by atoms with E-state index in [9.17, 15) is 26.4 Å². The average Bonchev–Trinajstić information content (AvgIpc) is 3.22. The standard InChI is InChI=1S/C16H18F3N5O3S/c1-9(25)13-14(16(17,18)19)23-24(15(13)20-10-5-3-4-6-10)11-7-8-12(22-21-11)28(2,26)27/h7-8,10,20H,3-6H2,1-2H3. The Hall–Kier alpha value is -2.50. The number of sulfone groups is 1. The van der Waals surface area contributed by atoms with E-state index in [0.717, 1.165) is 49.6 Å². The van der Waals surface area contributed by atoms with Crippen LogP contribution in [0.2, 0.25) is 0 Å². The summed E-state index contributed by atoms with van der Waals surface area (Å²) in [6, 6.07) is 2.22. The van der Waals surface area contributed by atoms with Gasteiger partial charge in [-0.1, -0.05) is 12.8 Å². The number of Topliss-reactive ketones (excluding diaryl/α,β-unsaturated/α-hetero) is 1. The molecule has 28 heavy (non-hydrogen) atoms. The Balaban J connectivity index is 2.16. The predicted octanol–water partition coefficient (Wildman–Crippen LogP) is 2.64. The molecule has 1 N–H and O–H groups in total. The molecular weight excluding hydrogens is 399 g/mol. The lowest BCUT2D eigenvalue weighted by atomic mass is 10.1. The van der Waals surface area contributed by atoms with E-state index in [0.29, 0.717) is 0 Å². The molecule has 12 heteroatoms. The van der Waals surface area contributed by atoms with Crippen LogP contribution in [0, 0.1) is 0 Å². The first-order chi connectivity index (χ1) is 13.0. The molecule has 2 aromatic heterocycles. The maximum Gasteiger partial charge on any atom is 0.435 e. The van der Waals surface area contributed by atoms with E-state index in [-0.39, 0.29) is 22.7 Å². The normalized spacial score (nSPS) is 15.8. The molecule has 1 aliphatic carbocycles. The highest BCUT2D eigenvalue weighted by Gasteiger charge is 2.41. The Bertz CT molecular complexity index is 994. The first-order valence-corrected chi connectivity index (χ1v) is 10.4. The summed E-state index contributed by atoms with van der Waals surface area (Å²) in [4.78, 5) is 12.0. The molecule has 0 aliphatic heterocycles. The molecular formula is C16H18F3N5O3S. The largest absolute Gasteiger partial charge is 0.435 e. The number of nitrogens with zero attached hydrogens (tertiary/aromatic N) is 4. The van der Waals surface area contributed by atoms with Crippen LogP contribution in [0.4, 0.5) is 19.0 Å². The number of aromatic nitrogens is 4. The zero-order chi connectivity index (χ0) is 20.7. The number of halogens is 3. The molecule has 2 aromatic rings. The van der Waals surface area contributed by atoms with Gasteiger partial charge in [0.1, 0.15) is 5.82 Å². The first-order valence-electron chi connectivity index (χ1n) is 8.50. The second-order valence-electron chi connectivity index (χ2n) is 6.67. The minimum atomic E-state index is -4.85. The highest BCUT2D eigenvalue weighted by atomic mass is 32.2. The van der Waals surface area contributed by atoms with Crippen LogP contribution in [-0.2, 0) is 16.0 Å². The number of ketones is 1. The smallest absolute Gasteiger partial charge is 0.367 e. The van der Waals surface area contributed by atoms with Crippen molar-refractivity contribution in [1.29, 1.82) is 0 Å². The molecule has 0 radical (unpaired) electrons. The van der Waals surface area contributed by atoms with Gasteiger partial charge in [0.15, 0.2) is 32.2 Å². The highest BCUT2D eigenvalue weighted by Crippen LogP contribution is 2.37. The number of carbonyl (C=O) groups is 1. The van der Waals surface area contributed by atoms with Gasteiger partial charge in [-0.2, -0.15) is 23.0 Å². The van der Waals surface area contributed by atoms with Gasteiger partial charge in [0.25, 0.3) is 0 Å². The summed E-state index contributed by atoms with van der Waals surface area (Å²) in [5.74, 6) is -1.04. The summed E-state index contributed by atoms with van der Waals surface area (Å²) in [5, 5.41) is 13.5. The Kier molecular flexibility index (Phi) is 5.17. The number of alkyl halides is 3. The van der Waals surface area contributed by atoms with E-state index in [1.807, 2.05) is 0 Å². The Morgan fingerprint density at radius 1 is 1.21 bits per heavy atom. The topological polar surface area (TPSA) is 107 Å². The van der Waals surface area contributed by atoms with Crippen molar-refractivity contribution >= 4 is 21.4 Å². The number of anilines is 1. The molecule has 1 aliphatic rings. The summed E-state index contributed by atoms with van der Waals surface area (Å²) in [5.41, 5.74) is -1.90. The lowest BCUT2D eigenvalue weighted by molar-refractivity contribution is -0.141. The minimum Gasteiger partial charge on any atom is -0.367 e. The summed E-state index contributed by atoms with van der Waals surface area (Å²) >= 11 is 0. The van der Waals surface area contributed by atoms with E-state index in [4.69, 9.17) is 0 Å². The summed E-state index contributed by atoms with van der Waals surface area (Å²) < 4.78 is 64.4.